The Kier molecular flexibility index (Phi) is 3.80. The number of aryl methyl sites for hydroxylation is 1. The highest BCUT2D eigenvalue weighted by Crippen LogP contribution is 2.30. The number of fused-ring (bicyclic) bond motifs is 1. The van der Waals surface area contributed by atoms with Crippen LogP contribution in [0, 0.1) is 0 Å². The maximum atomic E-state index is 12.1. The molecule has 0 spiro atoms. The van der Waals surface area contributed by atoms with E-state index < -0.39 is 5.97 Å². The standard InChI is InChI=1S/C16H19NO5/c1-4-19-15(18)13-10-17(3)14-6-5-11(9-12(13)14)22-16(2)20-7-8-21-16/h5-6,9-10H,4,7-8H2,1-3H3. The van der Waals surface area contributed by atoms with Crippen LogP contribution in [0.1, 0.15) is 24.2 Å². The lowest BCUT2D eigenvalue weighted by Crippen LogP contribution is -2.33. The summed E-state index contributed by atoms with van der Waals surface area (Å²) in [7, 11) is 1.89. The van der Waals surface area contributed by atoms with Crippen molar-refractivity contribution in [3.8, 4) is 5.75 Å². The molecule has 22 heavy (non-hydrogen) atoms. The number of ether oxygens (including phenoxy) is 4. The van der Waals surface area contributed by atoms with Crippen LogP contribution in [0.15, 0.2) is 24.4 Å². The fourth-order valence-corrected chi connectivity index (χ4v) is 2.57. The molecule has 3 rings (SSSR count). The second-order valence-corrected chi connectivity index (χ2v) is 5.21. The maximum absolute atomic E-state index is 12.1. The first kappa shape index (κ1) is 14.9. The minimum Gasteiger partial charge on any atom is -0.462 e. The Hall–Kier alpha value is -2.05. The van der Waals surface area contributed by atoms with Crippen molar-refractivity contribution < 1.29 is 23.7 Å². The van der Waals surface area contributed by atoms with Crippen LogP contribution < -0.4 is 4.74 Å². The van der Waals surface area contributed by atoms with Gasteiger partial charge >= 0.3 is 11.9 Å². The van der Waals surface area contributed by atoms with Crippen LogP contribution in [0.3, 0.4) is 0 Å². The molecule has 6 nitrogen and oxygen atoms in total. The second-order valence-electron chi connectivity index (χ2n) is 5.21. The SMILES string of the molecule is CCOC(=O)c1cn(C)c2ccc(OC3(C)OCCO3)cc12. The summed E-state index contributed by atoms with van der Waals surface area (Å²) in [4.78, 5) is 12.1. The molecule has 1 aliphatic heterocycles. The molecular formula is C16H19NO5. The zero-order chi connectivity index (χ0) is 15.7. The zero-order valence-corrected chi connectivity index (χ0v) is 12.9. The smallest absolute Gasteiger partial charge is 0.340 e. The molecule has 0 amide bonds. The third-order valence-electron chi connectivity index (χ3n) is 3.57. The van der Waals surface area contributed by atoms with Gasteiger partial charge in [0.25, 0.3) is 0 Å². The van der Waals surface area contributed by atoms with Gasteiger partial charge in [-0.1, -0.05) is 0 Å². The van der Waals surface area contributed by atoms with E-state index in [1.165, 1.54) is 0 Å². The highest BCUT2D eigenvalue weighted by Gasteiger charge is 2.33. The number of benzene rings is 1. The summed E-state index contributed by atoms with van der Waals surface area (Å²) in [6, 6.07) is 5.52. The number of hydrogen-bond donors (Lipinski definition) is 0. The van der Waals surface area contributed by atoms with E-state index in [1.54, 1.807) is 26.1 Å². The molecule has 0 aliphatic carbocycles. The van der Waals surface area contributed by atoms with Crippen LogP contribution in [0.25, 0.3) is 10.9 Å². The van der Waals surface area contributed by atoms with E-state index >= 15 is 0 Å². The quantitative estimate of drug-likeness (QED) is 0.812. The van der Waals surface area contributed by atoms with E-state index in [2.05, 4.69) is 0 Å². The van der Waals surface area contributed by atoms with Gasteiger partial charge in [0.15, 0.2) is 0 Å². The molecule has 0 N–H and O–H groups in total. The summed E-state index contributed by atoms with van der Waals surface area (Å²) in [5.41, 5.74) is 1.44. The largest absolute Gasteiger partial charge is 0.462 e. The molecule has 1 aliphatic rings. The van der Waals surface area contributed by atoms with Crippen molar-refractivity contribution in [2.24, 2.45) is 7.05 Å². The molecule has 0 unspecified atom stereocenters. The molecule has 0 radical (unpaired) electrons. The van der Waals surface area contributed by atoms with Crippen LogP contribution in [0.4, 0.5) is 0 Å². The molecule has 1 fully saturated rings. The van der Waals surface area contributed by atoms with Crippen LogP contribution in [-0.4, -0.2) is 36.3 Å². The van der Waals surface area contributed by atoms with Crippen molar-refractivity contribution >= 4 is 16.9 Å². The van der Waals surface area contributed by atoms with E-state index in [-0.39, 0.29) is 5.97 Å². The average Bonchev–Trinajstić information content (AvgIpc) is 3.04. The molecule has 2 heterocycles. The topological polar surface area (TPSA) is 58.9 Å². The van der Waals surface area contributed by atoms with Gasteiger partial charge in [0.2, 0.25) is 0 Å². The molecule has 1 aromatic heterocycles. The van der Waals surface area contributed by atoms with Crippen molar-refractivity contribution in [1.82, 2.24) is 4.57 Å². The Balaban J connectivity index is 1.97. The van der Waals surface area contributed by atoms with Gasteiger partial charge in [0, 0.05) is 31.1 Å². The van der Waals surface area contributed by atoms with Crippen LogP contribution in [0.5, 0.6) is 5.75 Å². The zero-order valence-electron chi connectivity index (χ0n) is 12.9. The number of carbonyl (C=O) groups excluding carboxylic acids is 1. The minimum atomic E-state index is -1.08. The lowest BCUT2D eigenvalue weighted by atomic mass is 10.1. The first-order valence-corrected chi connectivity index (χ1v) is 7.25. The maximum Gasteiger partial charge on any atom is 0.340 e. The second kappa shape index (κ2) is 5.62. The normalized spacial score (nSPS) is 16.9. The molecular weight excluding hydrogens is 286 g/mol. The van der Waals surface area contributed by atoms with Crippen molar-refractivity contribution in [2.45, 2.75) is 19.8 Å². The average molecular weight is 305 g/mol. The lowest BCUT2D eigenvalue weighted by Gasteiger charge is -2.23. The van der Waals surface area contributed by atoms with E-state index in [0.717, 1.165) is 10.9 Å². The predicted molar refractivity (Wildman–Crippen MR) is 79.8 cm³/mol. The van der Waals surface area contributed by atoms with Gasteiger partial charge in [-0.3, -0.25) is 0 Å². The fraction of sp³-hybridized carbons (Fsp3) is 0.438. The number of rotatable bonds is 4. The highest BCUT2D eigenvalue weighted by molar-refractivity contribution is 6.04. The molecule has 6 heteroatoms. The number of esters is 1. The van der Waals surface area contributed by atoms with Gasteiger partial charge in [-0.15, -0.1) is 0 Å². The molecule has 0 atom stereocenters. The number of nitrogens with zero attached hydrogens (tertiary/aromatic N) is 1. The molecule has 0 bridgehead atoms. The molecule has 118 valence electrons. The van der Waals surface area contributed by atoms with Gasteiger partial charge < -0.3 is 23.5 Å². The summed E-state index contributed by atoms with van der Waals surface area (Å²) >= 11 is 0. The third-order valence-corrected chi connectivity index (χ3v) is 3.57. The van der Waals surface area contributed by atoms with E-state index in [1.807, 2.05) is 23.7 Å². The Bertz CT molecular complexity index is 700. The van der Waals surface area contributed by atoms with Crippen LogP contribution in [-0.2, 0) is 21.3 Å². The van der Waals surface area contributed by atoms with Gasteiger partial charge in [-0.05, 0) is 25.1 Å². The van der Waals surface area contributed by atoms with Crippen molar-refractivity contribution in [3.63, 3.8) is 0 Å². The minimum absolute atomic E-state index is 0.338. The summed E-state index contributed by atoms with van der Waals surface area (Å²) in [6.07, 6.45) is 1.76. The van der Waals surface area contributed by atoms with E-state index in [0.29, 0.717) is 31.1 Å². The van der Waals surface area contributed by atoms with Gasteiger partial charge in [0.1, 0.15) is 5.75 Å². The van der Waals surface area contributed by atoms with Crippen molar-refractivity contribution in [1.29, 1.82) is 0 Å². The summed E-state index contributed by atoms with van der Waals surface area (Å²) in [5, 5.41) is 0.778. The summed E-state index contributed by atoms with van der Waals surface area (Å²) in [6.45, 7) is 4.84. The van der Waals surface area contributed by atoms with Crippen LogP contribution in [0.2, 0.25) is 0 Å². The molecule has 2 aromatic rings. The third kappa shape index (κ3) is 2.67. The Morgan fingerprint density at radius 3 is 2.77 bits per heavy atom. The number of carbonyl (C=O) groups is 1. The highest BCUT2D eigenvalue weighted by atomic mass is 16.9. The van der Waals surface area contributed by atoms with E-state index in [9.17, 15) is 4.79 Å². The van der Waals surface area contributed by atoms with Gasteiger partial charge in [-0.2, -0.15) is 0 Å². The first-order chi connectivity index (χ1) is 10.5. The number of aromatic nitrogens is 1. The lowest BCUT2D eigenvalue weighted by molar-refractivity contribution is -0.272. The van der Waals surface area contributed by atoms with Gasteiger partial charge in [-0.25, -0.2) is 4.79 Å². The Morgan fingerprint density at radius 2 is 2.09 bits per heavy atom. The first-order valence-electron chi connectivity index (χ1n) is 7.25. The van der Waals surface area contributed by atoms with Crippen LogP contribution >= 0.6 is 0 Å². The number of hydrogen-bond acceptors (Lipinski definition) is 5. The molecule has 0 saturated carbocycles. The monoisotopic (exact) mass is 305 g/mol. The molecule has 1 aromatic carbocycles. The fourth-order valence-electron chi connectivity index (χ4n) is 2.57. The Labute approximate surface area is 128 Å². The van der Waals surface area contributed by atoms with Crippen molar-refractivity contribution in [3.05, 3.63) is 30.0 Å². The molecule has 1 saturated heterocycles. The van der Waals surface area contributed by atoms with Gasteiger partial charge in [0.05, 0.1) is 25.4 Å². The van der Waals surface area contributed by atoms with E-state index in [4.69, 9.17) is 18.9 Å². The summed E-state index contributed by atoms with van der Waals surface area (Å²) in [5.74, 6) is -0.842. The predicted octanol–water partition coefficient (Wildman–Crippen LogP) is 2.45. The Morgan fingerprint density at radius 1 is 1.36 bits per heavy atom. The summed E-state index contributed by atoms with van der Waals surface area (Å²) < 4.78 is 23.6. The van der Waals surface area contributed by atoms with Crippen molar-refractivity contribution in [2.75, 3.05) is 19.8 Å².